The predicted molar refractivity (Wildman–Crippen MR) is 89.4 cm³/mol. The molecule has 3 aliphatic heterocycles. The third-order valence-corrected chi connectivity index (χ3v) is 5.15. The summed E-state index contributed by atoms with van der Waals surface area (Å²) in [4.78, 5) is 24.8. The fraction of sp³-hybridized carbons (Fsp3) is 0.444. The van der Waals surface area contributed by atoms with Gasteiger partial charge in [0.05, 0.1) is 11.1 Å². The molecule has 138 valence electrons. The monoisotopic (exact) mass is 380 g/mol. The van der Waals surface area contributed by atoms with Gasteiger partial charge in [-0.15, -0.1) is 0 Å². The summed E-state index contributed by atoms with van der Waals surface area (Å²) in [5, 5.41) is 19.8. The van der Waals surface area contributed by atoms with Crippen molar-refractivity contribution in [1.29, 1.82) is 0 Å². The highest BCUT2D eigenvalue weighted by molar-refractivity contribution is 6.33. The van der Waals surface area contributed by atoms with Crippen LogP contribution in [0.2, 0.25) is 5.02 Å². The molecule has 0 unspecified atom stereocenters. The highest BCUT2D eigenvalue weighted by Gasteiger charge is 2.56. The average Bonchev–Trinajstić information content (AvgIpc) is 3.44. The van der Waals surface area contributed by atoms with Crippen LogP contribution in [0.3, 0.4) is 0 Å². The Balaban J connectivity index is 1.71. The van der Waals surface area contributed by atoms with E-state index in [1.165, 1.54) is 6.08 Å². The number of ether oxygens (including phenoxy) is 3. The number of rotatable bonds is 0. The molecule has 8 heteroatoms. The van der Waals surface area contributed by atoms with Gasteiger partial charge in [-0.25, -0.2) is 4.79 Å². The molecule has 3 aliphatic rings. The third-order valence-electron chi connectivity index (χ3n) is 4.73. The van der Waals surface area contributed by atoms with Gasteiger partial charge in [0.2, 0.25) is 0 Å². The van der Waals surface area contributed by atoms with Crippen molar-refractivity contribution < 1.29 is 34.0 Å². The van der Waals surface area contributed by atoms with Crippen LogP contribution in [0.25, 0.3) is 0 Å². The zero-order valence-corrected chi connectivity index (χ0v) is 14.6. The molecule has 0 spiro atoms. The molecule has 0 radical (unpaired) electrons. The normalized spacial score (nSPS) is 33.4. The van der Waals surface area contributed by atoms with Crippen molar-refractivity contribution in [1.82, 2.24) is 0 Å². The lowest BCUT2D eigenvalue weighted by molar-refractivity contribution is -0.114. The molecule has 0 saturated carbocycles. The molecule has 0 aliphatic carbocycles. The van der Waals surface area contributed by atoms with Crippen LogP contribution in [-0.2, 0) is 25.4 Å². The molecule has 0 bridgehead atoms. The molecule has 0 amide bonds. The van der Waals surface area contributed by atoms with E-state index in [0.29, 0.717) is 6.42 Å². The molecule has 1 aromatic rings. The van der Waals surface area contributed by atoms with E-state index in [4.69, 9.17) is 25.8 Å². The van der Waals surface area contributed by atoms with Gasteiger partial charge >= 0.3 is 5.97 Å². The molecule has 4 rings (SSSR count). The summed E-state index contributed by atoms with van der Waals surface area (Å²) >= 11 is 6.08. The van der Waals surface area contributed by atoms with Crippen LogP contribution < -0.4 is 0 Å². The minimum atomic E-state index is -0.807. The molecular formula is C18H17ClO7. The molecule has 2 fully saturated rings. The summed E-state index contributed by atoms with van der Waals surface area (Å²) in [6, 6.07) is 0.958. The van der Waals surface area contributed by atoms with Crippen molar-refractivity contribution in [3.63, 3.8) is 0 Å². The number of cyclic esters (lactones) is 1. The van der Waals surface area contributed by atoms with Gasteiger partial charge in [-0.2, -0.15) is 0 Å². The van der Waals surface area contributed by atoms with E-state index < -0.39 is 23.6 Å². The van der Waals surface area contributed by atoms with Crippen molar-refractivity contribution >= 4 is 23.4 Å². The topological polar surface area (TPSA) is 109 Å². The largest absolute Gasteiger partial charge is 0.507 e. The van der Waals surface area contributed by atoms with Crippen molar-refractivity contribution in [3.05, 3.63) is 34.4 Å². The van der Waals surface area contributed by atoms with Crippen LogP contribution in [0.4, 0.5) is 0 Å². The van der Waals surface area contributed by atoms with Gasteiger partial charge in [0, 0.05) is 24.5 Å². The lowest BCUT2D eigenvalue weighted by atomic mass is 9.99. The first-order valence-corrected chi connectivity index (χ1v) is 8.69. The summed E-state index contributed by atoms with van der Waals surface area (Å²) in [7, 11) is 0. The number of epoxide rings is 2. The Kier molecular flexibility index (Phi) is 4.17. The number of ketones is 1. The second-order valence-corrected chi connectivity index (χ2v) is 7.12. The highest BCUT2D eigenvalue weighted by atomic mass is 35.5. The standard InChI is InChI=1S/C18H17ClO7/c1-7-4-13-17(26-13)16-12(25-16)3-2-8(20)5-9-14(18(23)24-7)10(21)6-11(22)15(9)19/h2-3,6-7,12-13,16-17,21-22H,4-5H2,1H3/t7-,12-,13-,16-,17+/m1/s1. The van der Waals surface area contributed by atoms with Gasteiger partial charge in [-0.1, -0.05) is 11.6 Å². The van der Waals surface area contributed by atoms with Crippen molar-refractivity contribution in [2.75, 3.05) is 0 Å². The Morgan fingerprint density at radius 3 is 2.69 bits per heavy atom. The van der Waals surface area contributed by atoms with Gasteiger partial charge in [-0.05, 0) is 19.1 Å². The number of fused-ring (bicyclic) bond motifs is 4. The maximum absolute atomic E-state index is 12.6. The van der Waals surface area contributed by atoms with Crippen LogP contribution in [0.1, 0.15) is 29.3 Å². The molecule has 3 heterocycles. The summed E-state index contributed by atoms with van der Waals surface area (Å²) < 4.78 is 16.5. The van der Waals surface area contributed by atoms with Gasteiger partial charge < -0.3 is 24.4 Å². The van der Waals surface area contributed by atoms with Crippen LogP contribution in [0.5, 0.6) is 11.5 Å². The minimum absolute atomic E-state index is 0.0295. The van der Waals surface area contributed by atoms with E-state index in [9.17, 15) is 19.8 Å². The maximum Gasteiger partial charge on any atom is 0.342 e. The number of benzene rings is 1. The summed E-state index contributed by atoms with van der Waals surface area (Å²) in [5.41, 5.74) is -0.186. The van der Waals surface area contributed by atoms with Crippen LogP contribution in [0.15, 0.2) is 18.2 Å². The number of esters is 1. The van der Waals surface area contributed by atoms with Crippen molar-refractivity contribution in [3.8, 4) is 11.5 Å². The van der Waals surface area contributed by atoms with Gasteiger partial charge in [0.15, 0.2) is 5.78 Å². The zero-order valence-electron chi connectivity index (χ0n) is 13.8. The first kappa shape index (κ1) is 17.3. The average molecular weight is 381 g/mol. The molecule has 0 aromatic heterocycles. The third kappa shape index (κ3) is 3.18. The Hall–Kier alpha value is -2.09. The first-order chi connectivity index (χ1) is 12.3. The van der Waals surface area contributed by atoms with E-state index in [1.807, 2.05) is 0 Å². The number of phenols is 2. The van der Waals surface area contributed by atoms with Crippen LogP contribution in [0, 0.1) is 0 Å². The minimum Gasteiger partial charge on any atom is -0.507 e. The molecule has 2 saturated heterocycles. The number of halogens is 1. The Bertz CT molecular complexity index is 818. The SMILES string of the molecule is C[C@@H]1C[C@H]2O[C@@H]2[C@@H]2O[C@@H]2C=CC(=O)Cc2c(Cl)c(O)cc(O)c2C(=O)O1. The molecule has 1 aromatic carbocycles. The lowest BCUT2D eigenvalue weighted by Crippen LogP contribution is -2.20. The number of hydrogen-bond donors (Lipinski definition) is 2. The van der Waals surface area contributed by atoms with E-state index >= 15 is 0 Å². The van der Waals surface area contributed by atoms with Gasteiger partial charge in [0.1, 0.15) is 41.5 Å². The highest BCUT2D eigenvalue weighted by Crippen LogP contribution is 2.42. The molecular weight excluding hydrogens is 364 g/mol. The summed E-state index contributed by atoms with van der Waals surface area (Å²) in [6.07, 6.45) is 2.36. The van der Waals surface area contributed by atoms with Crippen LogP contribution in [-0.4, -0.2) is 52.5 Å². The maximum atomic E-state index is 12.6. The Labute approximate surface area is 154 Å². The van der Waals surface area contributed by atoms with Crippen LogP contribution >= 0.6 is 11.6 Å². The lowest BCUT2D eigenvalue weighted by Gasteiger charge is -2.16. The molecule has 5 atom stereocenters. The predicted octanol–water partition coefficient (Wildman–Crippen LogP) is 1.90. The Morgan fingerprint density at radius 1 is 1.15 bits per heavy atom. The second-order valence-electron chi connectivity index (χ2n) is 6.74. The number of hydrogen-bond acceptors (Lipinski definition) is 7. The first-order valence-electron chi connectivity index (χ1n) is 8.31. The zero-order chi connectivity index (χ0) is 18.6. The number of carbonyl (C=O) groups is 2. The fourth-order valence-corrected chi connectivity index (χ4v) is 3.54. The molecule has 7 nitrogen and oxygen atoms in total. The second kappa shape index (κ2) is 6.26. The van der Waals surface area contributed by atoms with Gasteiger partial charge in [-0.3, -0.25) is 4.79 Å². The summed E-state index contributed by atoms with van der Waals surface area (Å²) in [5.74, 6) is -2.06. The van der Waals surface area contributed by atoms with E-state index in [-0.39, 0.29) is 52.8 Å². The number of phenolic OH excluding ortho intramolecular Hbond substituents is 2. The van der Waals surface area contributed by atoms with Crippen molar-refractivity contribution in [2.45, 2.75) is 50.3 Å². The summed E-state index contributed by atoms with van der Waals surface area (Å²) in [6.45, 7) is 1.72. The van der Waals surface area contributed by atoms with E-state index in [1.54, 1.807) is 13.0 Å². The smallest absolute Gasteiger partial charge is 0.342 e. The quantitative estimate of drug-likeness (QED) is 0.522. The number of allylic oxidation sites excluding steroid dienone is 1. The van der Waals surface area contributed by atoms with Crippen molar-refractivity contribution in [2.24, 2.45) is 0 Å². The van der Waals surface area contributed by atoms with Gasteiger partial charge in [0.25, 0.3) is 0 Å². The molecule has 26 heavy (non-hydrogen) atoms. The fourth-order valence-electron chi connectivity index (χ4n) is 3.32. The number of aromatic hydroxyl groups is 2. The Morgan fingerprint density at radius 2 is 1.92 bits per heavy atom. The van der Waals surface area contributed by atoms with E-state index in [0.717, 1.165) is 6.07 Å². The molecule has 2 N–H and O–H groups in total. The number of carbonyl (C=O) groups excluding carboxylic acids is 2. The van der Waals surface area contributed by atoms with E-state index in [2.05, 4.69) is 0 Å².